The fraction of sp³-hybridized carbons (Fsp3) is 0.0556. The summed E-state index contributed by atoms with van der Waals surface area (Å²) in [6.07, 6.45) is 1.76. The molecule has 0 aliphatic rings. The number of fused-ring (bicyclic) bond motifs is 3. The standard InChI is InChI=1S/C18H13NO/c1-12-5-2-3-6-14(12)13-8-9-17-16(11-13)15-7-4-10-19-18(15)20-17/h2-11H,1H3. The molecule has 96 valence electrons. The lowest BCUT2D eigenvalue weighted by Crippen LogP contribution is -1.82. The molecular weight excluding hydrogens is 246 g/mol. The number of aryl methyl sites for hydroxylation is 1. The van der Waals surface area contributed by atoms with Gasteiger partial charge in [0.2, 0.25) is 5.71 Å². The van der Waals surface area contributed by atoms with Gasteiger partial charge in [-0.15, -0.1) is 0 Å². The van der Waals surface area contributed by atoms with Crippen molar-refractivity contribution in [3.8, 4) is 11.1 Å². The lowest BCUT2D eigenvalue weighted by Gasteiger charge is -2.05. The van der Waals surface area contributed by atoms with E-state index in [2.05, 4.69) is 54.4 Å². The number of rotatable bonds is 1. The zero-order valence-electron chi connectivity index (χ0n) is 11.1. The smallest absolute Gasteiger partial charge is 0.227 e. The Kier molecular flexibility index (Phi) is 2.36. The summed E-state index contributed by atoms with van der Waals surface area (Å²) in [7, 11) is 0. The molecule has 0 amide bonds. The van der Waals surface area contributed by atoms with Gasteiger partial charge in [-0.2, -0.15) is 0 Å². The maximum Gasteiger partial charge on any atom is 0.227 e. The summed E-state index contributed by atoms with van der Waals surface area (Å²) in [5.41, 5.74) is 5.33. The van der Waals surface area contributed by atoms with Gasteiger partial charge in [0.15, 0.2) is 0 Å². The van der Waals surface area contributed by atoms with Gasteiger partial charge in [0.25, 0.3) is 0 Å². The highest BCUT2D eigenvalue weighted by molar-refractivity contribution is 6.05. The van der Waals surface area contributed by atoms with Crippen LogP contribution in [0.4, 0.5) is 0 Å². The molecule has 0 bridgehead atoms. The third-order valence-corrected chi connectivity index (χ3v) is 3.70. The van der Waals surface area contributed by atoms with Crippen LogP contribution in [0.1, 0.15) is 5.56 Å². The van der Waals surface area contributed by atoms with E-state index in [1.165, 1.54) is 16.7 Å². The number of aromatic nitrogens is 1. The molecule has 4 rings (SSSR count). The van der Waals surface area contributed by atoms with Gasteiger partial charge in [-0.1, -0.05) is 30.3 Å². The Morgan fingerprint density at radius 3 is 2.70 bits per heavy atom. The molecule has 0 atom stereocenters. The quantitative estimate of drug-likeness (QED) is 0.483. The number of hydrogen-bond donors (Lipinski definition) is 0. The molecule has 0 N–H and O–H groups in total. The Balaban J connectivity index is 2.03. The average Bonchev–Trinajstić information content (AvgIpc) is 2.85. The number of nitrogens with zero attached hydrogens (tertiary/aromatic N) is 1. The van der Waals surface area contributed by atoms with Gasteiger partial charge in [0, 0.05) is 17.0 Å². The fourth-order valence-electron chi connectivity index (χ4n) is 2.68. The van der Waals surface area contributed by atoms with Crippen molar-refractivity contribution in [3.05, 3.63) is 66.4 Å². The highest BCUT2D eigenvalue weighted by Gasteiger charge is 2.09. The molecule has 4 aromatic rings. The number of pyridine rings is 1. The molecule has 0 saturated heterocycles. The molecule has 0 aliphatic heterocycles. The Morgan fingerprint density at radius 1 is 0.900 bits per heavy atom. The monoisotopic (exact) mass is 259 g/mol. The maximum absolute atomic E-state index is 5.76. The summed E-state index contributed by atoms with van der Waals surface area (Å²) in [5.74, 6) is 0. The van der Waals surface area contributed by atoms with E-state index < -0.39 is 0 Å². The zero-order chi connectivity index (χ0) is 13.5. The molecule has 2 aromatic carbocycles. The molecule has 0 aliphatic carbocycles. The first kappa shape index (κ1) is 11.2. The minimum Gasteiger partial charge on any atom is -0.438 e. The average molecular weight is 259 g/mol. The van der Waals surface area contributed by atoms with Crippen molar-refractivity contribution in [1.82, 2.24) is 4.98 Å². The molecule has 2 aromatic heterocycles. The van der Waals surface area contributed by atoms with Gasteiger partial charge in [-0.05, 0) is 47.9 Å². The molecule has 20 heavy (non-hydrogen) atoms. The normalized spacial score (nSPS) is 11.2. The van der Waals surface area contributed by atoms with Gasteiger partial charge >= 0.3 is 0 Å². The van der Waals surface area contributed by atoms with Crippen LogP contribution in [0.5, 0.6) is 0 Å². The summed E-state index contributed by atoms with van der Waals surface area (Å²) in [6, 6.07) is 18.7. The van der Waals surface area contributed by atoms with Crippen molar-refractivity contribution in [3.63, 3.8) is 0 Å². The van der Waals surface area contributed by atoms with Crippen LogP contribution >= 0.6 is 0 Å². The molecule has 2 heterocycles. The van der Waals surface area contributed by atoms with Crippen LogP contribution in [0.3, 0.4) is 0 Å². The van der Waals surface area contributed by atoms with Crippen LogP contribution in [-0.4, -0.2) is 4.98 Å². The first-order valence-electron chi connectivity index (χ1n) is 6.66. The molecule has 0 spiro atoms. The largest absolute Gasteiger partial charge is 0.438 e. The minimum atomic E-state index is 0.699. The van der Waals surface area contributed by atoms with Crippen molar-refractivity contribution in [2.24, 2.45) is 0 Å². The third-order valence-electron chi connectivity index (χ3n) is 3.70. The third kappa shape index (κ3) is 1.62. The van der Waals surface area contributed by atoms with Gasteiger partial charge in [-0.25, -0.2) is 4.98 Å². The molecule has 0 saturated carbocycles. The van der Waals surface area contributed by atoms with Gasteiger partial charge in [-0.3, -0.25) is 0 Å². The summed E-state index contributed by atoms with van der Waals surface area (Å²) in [5, 5.41) is 2.19. The topological polar surface area (TPSA) is 26.0 Å². The molecule has 0 unspecified atom stereocenters. The lowest BCUT2D eigenvalue weighted by atomic mass is 9.99. The van der Waals surface area contributed by atoms with Crippen LogP contribution < -0.4 is 0 Å². The molecule has 2 heteroatoms. The van der Waals surface area contributed by atoms with Crippen molar-refractivity contribution in [2.75, 3.05) is 0 Å². The summed E-state index contributed by atoms with van der Waals surface area (Å²) in [4.78, 5) is 4.27. The van der Waals surface area contributed by atoms with E-state index in [1.807, 2.05) is 12.1 Å². The highest BCUT2D eigenvalue weighted by atomic mass is 16.3. The second kappa shape index (κ2) is 4.20. The summed E-state index contributed by atoms with van der Waals surface area (Å²) >= 11 is 0. The second-order valence-electron chi connectivity index (χ2n) is 4.98. The van der Waals surface area contributed by atoms with E-state index in [1.54, 1.807) is 6.20 Å². The summed E-state index contributed by atoms with van der Waals surface area (Å²) < 4.78 is 5.76. The second-order valence-corrected chi connectivity index (χ2v) is 4.98. The number of hydrogen-bond acceptors (Lipinski definition) is 2. The molecule has 0 radical (unpaired) electrons. The zero-order valence-corrected chi connectivity index (χ0v) is 11.1. The number of benzene rings is 2. The van der Waals surface area contributed by atoms with E-state index in [0.29, 0.717) is 5.71 Å². The van der Waals surface area contributed by atoms with E-state index in [0.717, 1.165) is 16.4 Å². The van der Waals surface area contributed by atoms with E-state index >= 15 is 0 Å². The predicted molar refractivity (Wildman–Crippen MR) is 81.7 cm³/mol. The van der Waals surface area contributed by atoms with Crippen molar-refractivity contribution in [2.45, 2.75) is 6.92 Å². The van der Waals surface area contributed by atoms with Crippen LogP contribution in [0, 0.1) is 6.92 Å². The Hall–Kier alpha value is -2.61. The Morgan fingerprint density at radius 2 is 1.80 bits per heavy atom. The van der Waals surface area contributed by atoms with Crippen LogP contribution in [0.25, 0.3) is 33.2 Å². The van der Waals surface area contributed by atoms with Crippen LogP contribution in [0.15, 0.2) is 65.2 Å². The van der Waals surface area contributed by atoms with Crippen molar-refractivity contribution >= 4 is 22.1 Å². The van der Waals surface area contributed by atoms with Crippen LogP contribution in [-0.2, 0) is 0 Å². The minimum absolute atomic E-state index is 0.699. The fourth-order valence-corrected chi connectivity index (χ4v) is 2.68. The number of furan rings is 1. The van der Waals surface area contributed by atoms with Gasteiger partial charge < -0.3 is 4.42 Å². The van der Waals surface area contributed by atoms with E-state index in [-0.39, 0.29) is 0 Å². The van der Waals surface area contributed by atoms with Crippen molar-refractivity contribution in [1.29, 1.82) is 0 Å². The Labute approximate surface area is 116 Å². The molecule has 0 fully saturated rings. The first-order valence-corrected chi connectivity index (χ1v) is 6.66. The van der Waals surface area contributed by atoms with E-state index in [4.69, 9.17) is 4.42 Å². The SMILES string of the molecule is Cc1ccccc1-c1ccc2oc3ncccc3c2c1. The first-order chi connectivity index (χ1) is 9.83. The predicted octanol–water partition coefficient (Wildman–Crippen LogP) is 4.96. The Bertz CT molecular complexity index is 921. The highest BCUT2D eigenvalue weighted by Crippen LogP contribution is 2.32. The van der Waals surface area contributed by atoms with Crippen LogP contribution in [0.2, 0.25) is 0 Å². The lowest BCUT2D eigenvalue weighted by molar-refractivity contribution is 0.654. The van der Waals surface area contributed by atoms with Gasteiger partial charge in [0.1, 0.15) is 5.58 Å². The maximum atomic E-state index is 5.76. The molecular formula is C18H13NO. The van der Waals surface area contributed by atoms with Gasteiger partial charge in [0.05, 0.1) is 0 Å². The van der Waals surface area contributed by atoms with Crippen molar-refractivity contribution < 1.29 is 4.42 Å². The molecule has 2 nitrogen and oxygen atoms in total. The van der Waals surface area contributed by atoms with E-state index in [9.17, 15) is 0 Å². The summed E-state index contributed by atoms with van der Waals surface area (Å²) in [6.45, 7) is 2.13.